The minimum Gasteiger partial charge on any atom is -0.491 e. The van der Waals surface area contributed by atoms with Gasteiger partial charge in [-0.3, -0.25) is 4.79 Å². The largest absolute Gasteiger partial charge is 0.491 e. The van der Waals surface area contributed by atoms with Crippen molar-refractivity contribution >= 4 is 16.9 Å². The van der Waals surface area contributed by atoms with Crippen molar-refractivity contribution in [3.8, 4) is 5.75 Å². The highest BCUT2D eigenvalue weighted by molar-refractivity contribution is 5.81. The molecule has 6 heteroatoms. The SMILES string of the molecule is CCc1ccc(OC[C@@H](O)Cn2c([C@H]3CC(=O)N(C(C)(C)C)C3)nc3ccccc32)cc1. The van der Waals surface area contributed by atoms with Gasteiger partial charge in [-0.1, -0.05) is 31.2 Å². The Morgan fingerprint density at radius 3 is 2.53 bits per heavy atom. The van der Waals surface area contributed by atoms with Gasteiger partial charge in [0.2, 0.25) is 5.91 Å². The van der Waals surface area contributed by atoms with Crippen molar-refractivity contribution in [2.45, 2.75) is 64.6 Å². The van der Waals surface area contributed by atoms with Crippen LogP contribution in [0.1, 0.15) is 51.4 Å². The number of aliphatic hydroxyl groups is 1. The van der Waals surface area contributed by atoms with Crippen molar-refractivity contribution in [1.82, 2.24) is 14.5 Å². The molecule has 0 aliphatic carbocycles. The molecule has 1 fully saturated rings. The first kappa shape index (κ1) is 22.3. The van der Waals surface area contributed by atoms with Crippen LogP contribution in [0.4, 0.5) is 0 Å². The lowest BCUT2D eigenvalue weighted by atomic mass is 10.1. The zero-order valence-corrected chi connectivity index (χ0v) is 19.4. The van der Waals surface area contributed by atoms with Gasteiger partial charge in [0.25, 0.3) is 0 Å². The summed E-state index contributed by atoms with van der Waals surface area (Å²) in [7, 11) is 0. The van der Waals surface area contributed by atoms with Crippen molar-refractivity contribution < 1.29 is 14.6 Å². The average Bonchev–Trinajstić information content (AvgIpc) is 3.33. The first-order chi connectivity index (χ1) is 15.3. The van der Waals surface area contributed by atoms with Crippen LogP contribution in [0.5, 0.6) is 5.75 Å². The maximum absolute atomic E-state index is 12.7. The second-order valence-electron chi connectivity index (χ2n) is 9.61. The van der Waals surface area contributed by atoms with Crippen LogP contribution in [0.25, 0.3) is 11.0 Å². The van der Waals surface area contributed by atoms with Crippen LogP contribution in [-0.2, 0) is 17.8 Å². The highest BCUT2D eigenvalue weighted by Gasteiger charge is 2.39. The monoisotopic (exact) mass is 435 g/mol. The number of imidazole rings is 1. The molecule has 1 saturated heterocycles. The van der Waals surface area contributed by atoms with E-state index in [4.69, 9.17) is 9.72 Å². The van der Waals surface area contributed by atoms with Gasteiger partial charge in [0, 0.05) is 24.4 Å². The molecule has 0 bridgehead atoms. The summed E-state index contributed by atoms with van der Waals surface area (Å²) in [5.74, 6) is 1.76. The number of aromatic nitrogens is 2. The van der Waals surface area contributed by atoms with Gasteiger partial charge in [0.15, 0.2) is 0 Å². The molecule has 1 aliphatic heterocycles. The van der Waals surface area contributed by atoms with Gasteiger partial charge in [0.05, 0.1) is 17.6 Å². The van der Waals surface area contributed by atoms with Crippen LogP contribution in [0.15, 0.2) is 48.5 Å². The summed E-state index contributed by atoms with van der Waals surface area (Å²) < 4.78 is 7.89. The molecule has 3 aromatic rings. The second kappa shape index (κ2) is 8.94. The van der Waals surface area contributed by atoms with E-state index in [0.29, 0.717) is 19.5 Å². The number of ether oxygens (including phenoxy) is 1. The Hall–Kier alpha value is -2.86. The van der Waals surface area contributed by atoms with Crippen molar-refractivity contribution in [3.63, 3.8) is 0 Å². The van der Waals surface area contributed by atoms with E-state index in [1.54, 1.807) is 0 Å². The summed E-state index contributed by atoms with van der Waals surface area (Å²) in [6, 6.07) is 15.9. The zero-order chi connectivity index (χ0) is 22.9. The summed E-state index contributed by atoms with van der Waals surface area (Å²) in [5, 5.41) is 10.8. The van der Waals surface area contributed by atoms with Gasteiger partial charge < -0.3 is 19.3 Å². The number of benzene rings is 2. The predicted octanol–water partition coefficient (Wildman–Crippen LogP) is 4.15. The maximum atomic E-state index is 12.7. The van der Waals surface area contributed by atoms with Crippen LogP contribution < -0.4 is 4.74 Å². The molecule has 32 heavy (non-hydrogen) atoms. The van der Waals surface area contributed by atoms with Crippen molar-refractivity contribution in [2.24, 2.45) is 0 Å². The standard InChI is InChI=1S/C26H33N3O3/c1-5-18-10-12-21(13-11-18)32-17-20(30)16-28-23-9-7-6-8-22(23)27-25(28)19-14-24(31)29(15-19)26(2,3)4/h6-13,19-20,30H,5,14-17H2,1-4H3/t19-,20-/m0/s1. The average molecular weight is 436 g/mol. The molecule has 170 valence electrons. The third-order valence-corrected chi connectivity index (χ3v) is 6.15. The van der Waals surface area contributed by atoms with Crippen LogP contribution >= 0.6 is 0 Å². The van der Waals surface area contributed by atoms with Crippen LogP contribution in [0, 0.1) is 0 Å². The Morgan fingerprint density at radius 1 is 1.16 bits per heavy atom. The number of carbonyl (C=O) groups excluding carboxylic acids is 1. The van der Waals surface area contributed by atoms with Gasteiger partial charge in [-0.05, 0) is 57.0 Å². The summed E-state index contributed by atoms with van der Waals surface area (Å²) in [6.45, 7) is 9.49. The molecule has 0 saturated carbocycles. The predicted molar refractivity (Wildman–Crippen MR) is 126 cm³/mol. The molecule has 0 unspecified atom stereocenters. The fourth-order valence-corrected chi connectivity index (χ4v) is 4.40. The first-order valence-electron chi connectivity index (χ1n) is 11.4. The molecule has 4 rings (SSSR count). The highest BCUT2D eigenvalue weighted by atomic mass is 16.5. The molecule has 1 amide bonds. The number of nitrogens with zero attached hydrogens (tertiary/aromatic N) is 3. The fourth-order valence-electron chi connectivity index (χ4n) is 4.40. The lowest BCUT2D eigenvalue weighted by Gasteiger charge is -2.32. The Bertz CT molecular complexity index is 1080. The van der Waals surface area contributed by atoms with E-state index < -0.39 is 6.10 Å². The smallest absolute Gasteiger partial charge is 0.223 e. The van der Waals surface area contributed by atoms with Crippen molar-refractivity contribution in [3.05, 3.63) is 59.9 Å². The van der Waals surface area contributed by atoms with Gasteiger partial charge in [-0.2, -0.15) is 0 Å². The van der Waals surface area contributed by atoms with Crippen LogP contribution in [-0.4, -0.2) is 50.3 Å². The summed E-state index contributed by atoms with van der Waals surface area (Å²) in [6.07, 6.45) is 0.722. The van der Waals surface area contributed by atoms with E-state index in [0.717, 1.165) is 29.0 Å². The van der Waals surface area contributed by atoms with E-state index >= 15 is 0 Å². The Morgan fingerprint density at radius 2 is 1.88 bits per heavy atom. The van der Waals surface area contributed by atoms with Gasteiger partial charge in [0.1, 0.15) is 24.3 Å². The minimum atomic E-state index is -0.701. The number of aliphatic hydroxyl groups excluding tert-OH is 1. The van der Waals surface area contributed by atoms with Crippen molar-refractivity contribution in [2.75, 3.05) is 13.2 Å². The van der Waals surface area contributed by atoms with Gasteiger partial charge in [-0.15, -0.1) is 0 Å². The van der Waals surface area contributed by atoms with Crippen LogP contribution in [0.3, 0.4) is 0 Å². The topological polar surface area (TPSA) is 67.6 Å². The normalized spacial score (nSPS) is 17.8. The lowest BCUT2D eigenvalue weighted by Crippen LogP contribution is -2.42. The quantitative estimate of drug-likeness (QED) is 0.605. The minimum absolute atomic E-state index is 0.00355. The Balaban J connectivity index is 1.53. The third kappa shape index (κ3) is 4.65. The molecule has 2 aromatic carbocycles. The van der Waals surface area contributed by atoms with E-state index in [2.05, 4.69) is 32.3 Å². The molecule has 0 spiro atoms. The van der Waals surface area contributed by atoms with Gasteiger partial charge >= 0.3 is 0 Å². The van der Waals surface area contributed by atoms with E-state index in [9.17, 15) is 9.90 Å². The molecule has 2 heterocycles. The summed E-state index contributed by atoms with van der Waals surface area (Å²) >= 11 is 0. The molecule has 6 nitrogen and oxygen atoms in total. The summed E-state index contributed by atoms with van der Waals surface area (Å²) in [5.41, 5.74) is 2.88. The molecule has 1 aromatic heterocycles. The lowest BCUT2D eigenvalue weighted by molar-refractivity contribution is -0.131. The van der Waals surface area contributed by atoms with Gasteiger partial charge in [-0.25, -0.2) is 4.98 Å². The molecular weight excluding hydrogens is 402 g/mol. The molecule has 0 radical (unpaired) electrons. The van der Waals surface area contributed by atoms with E-state index in [-0.39, 0.29) is 24.0 Å². The molecule has 2 atom stereocenters. The maximum Gasteiger partial charge on any atom is 0.223 e. The second-order valence-corrected chi connectivity index (χ2v) is 9.61. The number of likely N-dealkylation sites (tertiary alicyclic amines) is 1. The molecule has 1 N–H and O–H groups in total. The Labute approximate surface area is 189 Å². The number of hydrogen-bond donors (Lipinski definition) is 1. The number of carbonyl (C=O) groups is 1. The zero-order valence-electron chi connectivity index (χ0n) is 19.4. The number of aryl methyl sites for hydroxylation is 1. The highest BCUT2D eigenvalue weighted by Crippen LogP contribution is 2.34. The number of rotatable bonds is 7. The molecule has 1 aliphatic rings. The molecular formula is C26H33N3O3. The van der Waals surface area contributed by atoms with E-state index in [1.807, 2.05) is 53.4 Å². The first-order valence-corrected chi connectivity index (χ1v) is 11.4. The number of amides is 1. The van der Waals surface area contributed by atoms with E-state index in [1.165, 1.54) is 5.56 Å². The number of fused-ring (bicyclic) bond motifs is 1. The fraction of sp³-hybridized carbons (Fsp3) is 0.462. The number of para-hydroxylation sites is 2. The van der Waals surface area contributed by atoms with Crippen LogP contribution in [0.2, 0.25) is 0 Å². The summed E-state index contributed by atoms with van der Waals surface area (Å²) in [4.78, 5) is 19.5. The van der Waals surface area contributed by atoms with Crippen molar-refractivity contribution in [1.29, 1.82) is 0 Å². The Kier molecular flexibility index (Phi) is 6.24. The number of hydrogen-bond acceptors (Lipinski definition) is 4. The third-order valence-electron chi connectivity index (χ3n) is 6.15.